The number of aliphatic hydroxyl groups is 1. The van der Waals surface area contributed by atoms with Crippen LogP contribution in [0.4, 0.5) is 0 Å². The van der Waals surface area contributed by atoms with Gasteiger partial charge in [0.1, 0.15) is 18.5 Å². The van der Waals surface area contributed by atoms with Crippen LogP contribution in [0.5, 0.6) is 5.75 Å². The van der Waals surface area contributed by atoms with Gasteiger partial charge in [0.05, 0.1) is 5.56 Å². The molecule has 3 rings (SSSR count). The minimum atomic E-state index is -0.602. The summed E-state index contributed by atoms with van der Waals surface area (Å²) in [6.07, 6.45) is 2.69. The zero-order valence-electron chi connectivity index (χ0n) is 15.6. The van der Waals surface area contributed by atoms with E-state index < -0.39 is 6.10 Å². The summed E-state index contributed by atoms with van der Waals surface area (Å²) in [6, 6.07) is 11.8. The van der Waals surface area contributed by atoms with E-state index in [2.05, 4.69) is 0 Å². The number of likely N-dealkylation sites (N-methyl/N-ethyl adjacent to an activating group) is 1. The summed E-state index contributed by atoms with van der Waals surface area (Å²) in [5, 5.41) is 12.2. The van der Waals surface area contributed by atoms with Crippen molar-refractivity contribution in [2.75, 3.05) is 40.3 Å². The first-order valence-electron chi connectivity index (χ1n) is 9.32. The van der Waals surface area contributed by atoms with Crippen molar-refractivity contribution in [2.24, 2.45) is 0 Å². The van der Waals surface area contributed by atoms with Crippen molar-refractivity contribution in [2.45, 2.75) is 25.4 Å². The average molecular weight is 356 g/mol. The molecule has 2 aromatic carbocycles. The van der Waals surface area contributed by atoms with E-state index in [1.807, 2.05) is 60.3 Å². The van der Waals surface area contributed by atoms with Gasteiger partial charge in [-0.2, -0.15) is 0 Å². The van der Waals surface area contributed by atoms with Crippen LogP contribution in [-0.2, 0) is 0 Å². The Bertz CT molecular complexity index is 754. The summed E-state index contributed by atoms with van der Waals surface area (Å²) < 4.78 is 5.90. The lowest BCUT2D eigenvalue weighted by Crippen LogP contribution is -2.36. The summed E-state index contributed by atoms with van der Waals surface area (Å²) in [4.78, 5) is 16.9. The molecule has 0 bridgehead atoms. The van der Waals surface area contributed by atoms with Gasteiger partial charge in [-0.1, -0.05) is 24.3 Å². The maximum absolute atomic E-state index is 13.1. The molecule has 1 heterocycles. The van der Waals surface area contributed by atoms with E-state index in [1.165, 1.54) is 6.42 Å². The third kappa shape index (κ3) is 4.54. The van der Waals surface area contributed by atoms with Crippen LogP contribution in [0, 0.1) is 0 Å². The monoisotopic (exact) mass is 356 g/mol. The number of piperidine rings is 1. The van der Waals surface area contributed by atoms with Crippen molar-refractivity contribution >= 4 is 16.7 Å². The minimum absolute atomic E-state index is 0.0209. The van der Waals surface area contributed by atoms with E-state index in [9.17, 15) is 9.90 Å². The number of hydrogen-bond acceptors (Lipinski definition) is 4. The van der Waals surface area contributed by atoms with Gasteiger partial charge in [-0.25, -0.2) is 0 Å². The molecule has 26 heavy (non-hydrogen) atoms. The molecule has 0 spiro atoms. The molecule has 0 aromatic heterocycles. The lowest BCUT2D eigenvalue weighted by molar-refractivity contribution is 0.0695. The van der Waals surface area contributed by atoms with Gasteiger partial charge < -0.3 is 19.6 Å². The van der Waals surface area contributed by atoms with Gasteiger partial charge in [0.15, 0.2) is 0 Å². The molecule has 5 nitrogen and oxygen atoms in total. The van der Waals surface area contributed by atoms with E-state index in [0.717, 1.165) is 36.7 Å². The van der Waals surface area contributed by atoms with Crippen molar-refractivity contribution in [1.82, 2.24) is 9.80 Å². The summed E-state index contributed by atoms with van der Waals surface area (Å²) >= 11 is 0. The van der Waals surface area contributed by atoms with Crippen LogP contribution in [-0.4, -0.2) is 67.3 Å². The Morgan fingerprint density at radius 3 is 2.46 bits per heavy atom. The van der Waals surface area contributed by atoms with Gasteiger partial charge in [0.25, 0.3) is 5.91 Å². The number of benzene rings is 2. The fraction of sp³-hybridized carbons (Fsp3) is 0.476. The summed E-state index contributed by atoms with van der Waals surface area (Å²) in [5.41, 5.74) is 0.586. The number of aliphatic hydroxyl groups excluding tert-OH is 1. The van der Waals surface area contributed by atoms with Crippen molar-refractivity contribution in [3.63, 3.8) is 0 Å². The predicted octanol–water partition coefficient (Wildman–Crippen LogP) is 2.77. The second kappa shape index (κ2) is 8.52. The Balaban J connectivity index is 1.87. The third-order valence-electron chi connectivity index (χ3n) is 4.73. The van der Waals surface area contributed by atoms with Crippen LogP contribution in [0.1, 0.15) is 29.6 Å². The van der Waals surface area contributed by atoms with Gasteiger partial charge in [-0.15, -0.1) is 0 Å². The molecule has 0 radical (unpaired) electrons. The van der Waals surface area contributed by atoms with Crippen molar-refractivity contribution in [1.29, 1.82) is 0 Å². The van der Waals surface area contributed by atoms with E-state index in [-0.39, 0.29) is 12.5 Å². The molecule has 5 heteroatoms. The number of rotatable bonds is 6. The Hall–Kier alpha value is -2.11. The number of likely N-dealkylation sites (tertiary alicyclic amines) is 1. The summed E-state index contributed by atoms with van der Waals surface area (Å²) in [5.74, 6) is 0.574. The molecule has 1 aliphatic rings. The standard InChI is InChI=1S/C21H28N2O3/c1-22(2)14-18(24)15-26-20-13-17-9-5-4-8-16(17)12-19(20)21(25)23-10-6-3-7-11-23/h4-5,8-9,12-13,18,24H,3,6-7,10-11,14-15H2,1-2H3/t18-/m0/s1. The van der Waals surface area contributed by atoms with Crippen LogP contribution in [0.25, 0.3) is 10.8 Å². The smallest absolute Gasteiger partial charge is 0.257 e. The van der Waals surface area contributed by atoms with E-state index in [4.69, 9.17) is 4.74 Å². The highest BCUT2D eigenvalue weighted by atomic mass is 16.5. The van der Waals surface area contributed by atoms with Crippen LogP contribution in [0.2, 0.25) is 0 Å². The Morgan fingerprint density at radius 1 is 1.15 bits per heavy atom. The van der Waals surface area contributed by atoms with Gasteiger partial charge >= 0.3 is 0 Å². The van der Waals surface area contributed by atoms with Gasteiger partial charge in [-0.3, -0.25) is 4.79 Å². The zero-order chi connectivity index (χ0) is 18.5. The lowest BCUT2D eigenvalue weighted by Gasteiger charge is -2.27. The molecule has 1 atom stereocenters. The second-order valence-corrected chi connectivity index (χ2v) is 7.28. The number of ether oxygens (including phenoxy) is 1. The fourth-order valence-corrected chi connectivity index (χ4v) is 3.43. The maximum atomic E-state index is 13.1. The molecular formula is C21H28N2O3. The van der Waals surface area contributed by atoms with Crippen LogP contribution < -0.4 is 4.74 Å². The molecule has 1 N–H and O–H groups in total. The largest absolute Gasteiger partial charge is 0.490 e. The van der Waals surface area contributed by atoms with Crippen LogP contribution in [0.3, 0.4) is 0 Å². The molecule has 0 aliphatic carbocycles. The second-order valence-electron chi connectivity index (χ2n) is 7.28. The van der Waals surface area contributed by atoms with Gasteiger partial charge in [0, 0.05) is 19.6 Å². The van der Waals surface area contributed by atoms with E-state index in [0.29, 0.717) is 17.9 Å². The Morgan fingerprint density at radius 2 is 1.81 bits per heavy atom. The zero-order valence-corrected chi connectivity index (χ0v) is 15.6. The normalized spacial score (nSPS) is 16.1. The van der Waals surface area contributed by atoms with Crippen LogP contribution >= 0.6 is 0 Å². The average Bonchev–Trinajstić information content (AvgIpc) is 2.65. The van der Waals surface area contributed by atoms with Crippen molar-refractivity contribution < 1.29 is 14.6 Å². The molecule has 2 aromatic rings. The first-order valence-corrected chi connectivity index (χ1v) is 9.32. The molecule has 0 unspecified atom stereocenters. The molecule has 1 aliphatic heterocycles. The van der Waals surface area contributed by atoms with E-state index in [1.54, 1.807) is 0 Å². The number of carbonyl (C=O) groups excluding carboxylic acids is 1. The summed E-state index contributed by atoms with van der Waals surface area (Å²) in [6.45, 7) is 2.28. The SMILES string of the molecule is CN(C)C[C@H](O)COc1cc2ccccc2cc1C(=O)N1CCCCC1. The molecule has 1 amide bonds. The minimum Gasteiger partial charge on any atom is -0.490 e. The number of fused-ring (bicyclic) bond motifs is 1. The third-order valence-corrected chi connectivity index (χ3v) is 4.73. The molecule has 0 saturated carbocycles. The Labute approximate surface area is 155 Å². The van der Waals surface area contributed by atoms with Gasteiger partial charge in [-0.05, 0) is 56.3 Å². The number of amides is 1. The van der Waals surface area contributed by atoms with Gasteiger partial charge in [0.2, 0.25) is 0 Å². The molecule has 1 fully saturated rings. The number of hydrogen-bond donors (Lipinski definition) is 1. The topological polar surface area (TPSA) is 53.0 Å². The first kappa shape index (κ1) is 18.7. The lowest BCUT2D eigenvalue weighted by atomic mass is 10.0. The highest BCUT2D eigenvalue weighted by Crippen LogP contribution is 2.28. The number of carbonyl (C=O) groups is 1. The fourth-order valence-electron chi connectivity index (χ4n) is 3.43. The quantitative estimate of drug-likeness (QED) is 0.865. The maximum Gasteiger partial charge on any atom is 0.257 e. The molecule has 1 saturated heterocycles. The summed E-state index contributed by atoms with van der Waals surface area (Å²) in [7, 11) is 3.81. The first-order chi connectivity index (χ1) is 12.5. The predicted molar refractivity (Wildman–Crippen MR) is 104 cm³/mol. The Kier molecular flexibility index (Phi) is 6.12. The number of nitrogens with zero attached hydrogens (tertiary/aromatic N) is 2. The van der Waals surface area contributed by atoms with Crippen LogP contribution in [0.15, 0.2) is 36.4 Å². The van der Waals surface area contributed by atoms with E-state index >= 15 is 0 Å². The highest BCUT2D eigenvalue weighted by molar-refractivity contribution is 6.01. The van der Waals surface area contributed by atoms with Crippen molar-refractivity contribution in [3.05, 3.63) is 42.0 Å². The molecule has 140 valence electrons. The molecular weight excluding hydrogens is 328 g/mol. The highest BCUT2D eigenvalue weighted by Gasteiger charge is 2.22. The van der Waals surface area contributed by atoms with Crippen molar-refractivity contribution in [3.8, 4) is 5.75 Å².